The van der Waals surface area contributed by atoms with Crippen molar-refractivity contribution in [2.24, 2.45) is 5.92 Å². The normalized spacial score (nSPS) is 19.4. The van der Waals surface area contributed by atoms with E-state index in [0.717, 1.165) is 18.5 Å². The highest BCUT2D eigenvalue weighted by molar-refractivity contribution is 7.07. The minimum absolute atomic E-state index is 0.750. The second-order valence-electron chi connectivity index (χ2n) is 5.23. The monoisotopic (exact) mass is 251 g/mol. The molecule has 0 radical (unpaired) electrons. The lowest BCUT2D eigenvalue weighted by Crippen LogP contribution is -2.37. The Hall–Kier alpha value is -0.340. The second kappa shape index (κ2) is 7.17. The molecule has 1 aliphatic rings. The summed E-state index contributed by atoms with van der Waals surface area (Å²) in [6, 6.07) is 3.02. The van der Waals surface area contributed by atoms with E-state index >= 15 is 0 Å². The molecule has 0 spiro atoms. The average molecular weight is 251 g/mol. The maximum Gasteiger partial charge on any atom is 0.00983 e. The van der Waals surface area contributed by atoms with Crippen LogP contribution >= 0.6 is 11.3 Å². The van der Waals surface area contributed by atoms with Crippen LogP contribution < -0.4 is 5.32 Å². The largest absolute Gasteiger partial charge is 0.314 e. The van der Waals surface area contributed by atoms with Gasteiger partial charge >= 0.3 is 0 Å². The molecule has 2 rings (SSSR count). The van der Waals surface area contributed by atoms with E-state index in [4.69, 9.17) is 0 Å². The summed E-state index contributed by atoms with van der Waals surface area (Å²) in [5.41, 5.74) is 1.52. The molecule has 96 valence electrons. The molecule has 0 aliphatic heterocycles. The molecular formula is C15H25NS. The molecule has 0 saturated heterocycles. The van der Waals surface area contributed by atoms with Gasteiger partial charge in [-0.25, -0.2) is 0 Å². The van der Waals surface area contributed by atoms with Crippen molar-refractivity contribution in [2.75, 3.05) is 6.54 Å². The predicted molar refractivity (Wildman–Crippen MR) is 76.7 cm³/mol. The van der Waals surface area contributed by atoms with E-state index in [-0.39, 0.29) is 0 Å². The number of hydrogen-bond acceptors (Lipinski definition) is 2. The topological polar surface area (TPSA) is 12.0 Å². The summed E-state index contributed by atoms with van der Waals surface area (Å²) in [7, 11) is 0. The molecule has 1 saturated carbocycles. The Balaban J connectivity index is 1.82. The van der Waals surface area contributed by atoms with Crippen molar-refractivity contribution in [3.05, 3.63) is 22.4 Å². The fourth-order valence-electron chi connectivity index (χ4n) is 3.06. The van der Waals surface area contributed by atoms with Crippen molar-refractivity contribution in [2.45, 2.75) is 57.9 Å². The molecule has 0 amide bonds. The first-order chi connectivity index (χ1) is 8.40. The molecule has 17 heavy (non-hydrogen) atoms. The molecule has 1 fully saturated rings. The van der Waals surface area contributed by atoms with Gasteiger partial charge in [-0.05, 0) is 60.5 Å². The molecule has 2 heteroatoms. The summed E-state index contributed by atoms with van der Waals surface area (Å²) < 4.78 is 0. The Bertz CT molecular complexity index is 288. The van der Waals surface area contributed by atoms with Crippen molar-refractivity contribution in [1.29, 1.82) is 0 Å². The van der Waals surface area contributed by atoms with Crippen LogP contribution in [0.25, 0.3) is 0 Å². The highest BCUT2D eigenvalue weighted by Gasteiger charge is 2.22. The van der Waals surface area contributed by atoms with E-state index in [1.165, 1.54) is 50.5 Å². The van der Waals surface area contributed by atoms with Crippen LogP contribution in [0, 0.1) is 5.92 Å². The SMILES string of the molecule is CCNC(CCc1ccsc1)C1CCCCC1. The van der Waals surface area contributed by atoms with E-state index in [1.807, 2.05) is 11.3 Å². The molecule has 1 atom stereocenters. The lowest BCUT2D eigenvalue weighted by atomic mass is 9.82. The van der Waals surface area contributed by atoms with E-state index in [2.05, 4.69) is 29.1 Å². The van der Waals surface area contributed by atoms with Crippen molar-refractivity contribution in [3.8, 4) is 0 Å². The van der Waals surface area contributed by atoms with Gasteiger partial charge in [-0.2, -0.15) is 11.3 Å². The Kier molecular flexibility index (Phi) is 5.53. The van der Waals surface area contributed by atoms with Gasteiger partial charge in [-0.15, -0.1) is 0 Å². The predicted octanol–water partition coefficient (Wildman–Crippen LogP) is 4.24. The number of aryl methyl sites for hydroxylation is 1. The third kappa shape index (κ3) is 4.11. The summed E-state index contributed by atoms with van der Waals surface area (Å²) in [5, 5.41) is 8.21. The fraction of sp³-hybridized carbons (Fsp3) is 0.733. The molecule has 1 aromatic rings. The van der Waals surface area contributed by atoms with Crippen LogP contribution in [0.15, 0.2) is 16.8 Å². The Morgan fingerprint density at radius 3 is 2.82 bits per heavy atom. The van der Waals surface area contributed by atoms with Crippen molar-refractivity contribution in [3.63, 3.8) is 0 Å². The van der Waals surface area contributed by atoms with Crippen LogP contribution in [0.1, 0.15) is 51.0 Å². The maximum absolute atomic E-state index is 3.72. The molecule has 1 unspecified atom stereocenters. The van der Waals surface area contributed by atoms with Gasteiger partial charge < -0.3 is 5.32 Å². The zero-order valence-corrected chi connectivity index (χ0v) is 11.8. The third-order valence-electron chi connectivity index (χ3n) is 4.01. The minimum Gasteiger partial charge on any atom is -0.314 e. The summed E-state index contributed by atoms with van der Waals surface area (Å²) in [5.74, 6) is 0.933. The Morgan fingerprint density at radius 1 is 1.35 bits per heavy atom. The van der Waals surface area contributed by atoms with Crippen molar-refractivity contribution >= 4 is 11.3 Å². The van der Waals surface area contributed by atoms with Gasteiger partial charge in [0.25, 0.3) is 0 Å². The number of thiophene rings is 1. The lowest BCUT2D eigenvalue weighted by molar-refractivity contribution is 0.261. The fourth-order valence-corrected chi connectivity index (χ4v) is 3.76. The minimum atomic E-state index is 0.750. The summed E-state index contributed by atoms with van der Waals surface area (Å²) in [6.45, 7) is 3.35. The van der Waals surface area contributed by atoms with Crippen LogP contribution in [0.3, 0.4) is 0 Å². The van der Waals surface area contributed by atoms with Crippen molar-refractivity contribution in [1.82, 2.24) is 5.32 Å². The van der Waals surface area contributed by atoms with Crippen LogP contribution in [0.2, 0.25) is 0 Å². The van der Waals surface area contributed by atoms with Gasteiger partial charge in [-0.1, -0.05) is 26.2 Å². The quantitative estimate of drug-likeness (QED) is 0.797. The van der Waals surface area contributed by atoms with E-state index in [0.29, 0.717) is 0 Å². The Labute approximate surface area is 110 Å². The van der Waals surface area contributed by atoms with Crippen molar-refractivity contribution < 1.29 is 0 Å². The maximum atomic E-state index is 3.72. The van der Waals surface area contributed by atoms with Gasteiger partial charge in [-0.3, -0.25) is 0 Å². The van der Waals surface area contributed by atoms with E-state index < -0.39 is 0 Å². The summed E-state index contributed by atoms with van der Waals surface area (Å²) >= 11 is 1.82. The van der Waals surface area contributed by atoms with E-state index in [1.54, 1.807) is 0 Å². The van der Waals surface area contributed by atoms with Crippen LogP contribution in [0.4, 0.5) is 0 Å². The molecule has 1 heterocycles. The molecule has 1 nitrogen and oxygen atoms in total. The van der Waals surface area contributed by atoms with Gasteiger partial charge in [0.1, 0.15) is 0 Å². The summed E-state index contributed by atoms with van der Waals surface area (Å²) in [6.07, 6.45) is 9.81. The Morgan fingerprint density at radius 2 is 2.18 bits per heavy atom. The summed E-state index contributed by atoms with van der Waals surface area (Å²) in [4.78, 5) is 0. The first-order valence-electron chi connectivity index (χ1n) is 7.14. The smallest absolute Gasteiger partial charge is 0.00983 e. The molecule has 0 bridgehead atoms. The van der Waals surface area contributed by atoms with Gasteiger partial charge in [0, 0.05) is 6.04 Å². The first kappa shape index (κ1) is 13.1. The van der Waals surface area contributed by atoms with Gasteiger partial charge in [0.05, 0.1) is 0 Å². The highest BCUT2D eigenvalue weighted by atomic mass is 32.1. The standard InChI is InChI=1S/C15H25NS/c1-2-16-15(14-6-4-3-5-7-14)9-8-13-10-11-17-12-13/h10-12,14-16H,2-9H2,1H3. The zero-order chi connectivity index (χ0) is 11.9. The van der Waals surface area contributed by atoms with E-state index in [9.17, 15) is 0 Å². The molecular weight excluding hydrogens is 226 g/mol. The lowest BCUT2D eigenvalue weighted by Gasteiger charge is -2.31. The van der Waals surface area contributed by atoms with Crippen LogP contribution in [0.5, 0.6) is 0 Å². The zero-order valence-electron chi connectivity index (χ0n) is 11.0. The number of nitrogens with one attached hydrogen (secondary N) is 1. The van der Waals surface area contributed by atoms with Crippen LogP contribution in [-0.2, 0) is 6.42 Å². The number of hydrogen-bond donors (Lipinski definition) is 1. The van der Waals surface area contributed by atoms with Gasteiger partial charge in [0.2, 0.25) is 0 Å². The van der Waals surface area contributed by atoms with Gasteiger partial charge in [0.15, 0.2) is 0 Å². The van der Waals surface area contributed by atoms with Crippen LogP contribution in [-0.4, -0.2) is 12.6 Å². The molecule has 1 aromatic heterocycles. The first-order valence-corrected chi connectivity index (χ1v) is 8.09. The molecule has 1 N–H and O–H groups in total. The third-order valence-corrected chi connectivity index (χ3v) is 4.74. The second-order valence-corrected chi connectivity index (χ2v) is 6.01. The molecule has 1 aliphatic carbocycles. The molecule has 0 aromatic carbocycles. The average Bonchev–Trinajstić information content (AvgIpc) is 2.88. The number of rotatable bonds is 6. The highest BCUT2D eigenvalue weighted by Crippen LogP contribution is 2.28.